The Balaban J connectivity index is 1.44. The standard InChI is InChI=1S/C28H40N4O6/c1-3-20(18-33)32-23(25(35)29-12-13-31-14-16-37-17-15-31)28-11-10-27(4-2,38-28)21(22(28)26(32)36)24(34)30-19-8-6-5-7-9-19/h5-9,20-23,33H,3-4,10-18H2,1-2H3,(H,29,35)(H,30,34)/t20-,21+,22-,23?,27-,28?/m0/s1. The van der Waals surface area contributed by atoms with Gasteiger partial charge in [-0.2, -0.15) is 0 Å². The van der Waals surface area contributed by atoms with Crippen molar-refractivity contribution < 1.29 is 29.0 Å². The monoisotopic (exact) mass is 528 g/mol. The Morgan fingerprint density at radius 1 is 1.13 bits per heavy atom. The van der Waals surface area contributed by atoms with E-state index in [1.165, 1.54) is 4.90 Å². The predicted molar refractivity (Wildman–Crippen MR) is 140 cm³/mol. The van der Waals surface area contributed by atoms with Crippen LogP contribution in [-0.4, -0.2) is 102 Å². The number of rotatable bonds is 10. The van der Waals surface area contributed by atoms with Crippen molar-refractivity contribution in [3.63, 3.8) is 0 Å². The number of para-hydroxylation sites is 1. The number of fused-ring (bicyclic) bond motifs is 1. The second-order valence-electron chi connectivity index (χ2n) is 10.9. The number of ether oxygens (including phenoxy) is 2. The first-order valence-corrected chi connectivity index (χ1v) is 14.0. The van der Waals surface area contributed by atoms with E-state index < -0.39 is 35.1 Å². The quantitative estimate of drug-likeness (QED) is 0.414. The number of hydrogen-bond donors (Lipinski definition) is 3. The number of benzene rings is 1. The largest absolute Gasteiger partial charge is 0.394 e. The summed E-state index contributed by atoms with van der Waals surface area (Å²) >= 11 is 0. The topological polar surface area (TPSA) is 120 Å². The molecule has 10 heteroatoms. The molecule has 3 amide bonds. The van der Waals surface area contributed by atoms with E-state index in [1.54, 1.807) is 0 Å². The van der Waals surface area contributed by atoms with Gasteiger partial charge in [0, 0.05) is 31.9 Å². The summed E-state index contributed by atoms with van der Waals surface area (Å²) in [5, 5.41) is 16.2. The maximum absolute atomic E-state index is 14.1. The van der Waals surface area contributed by atoms with Crippen molar-refractivity contribution in [2.75, 3.05) is 51.3 Å². The summed E-state index contributed by atoms with van der Waals surface area (Å²) in [5.41, 5.74) is -1.25. The number of aliphatic hydroxyl groups excluding tert-OH is 1. The number of anilines is 1. The van der Waals surface area contributed by atoms with Gasteiger partial charge < -0.3 is 30.1 Å². The van der Waals surface area contributed by atoms with Crippen LogP contribution >= 0.6 is 0 Å². The van der Waals surface area contributed by atoms with Crippen LogP contribution in [0.25, 0.3) is 0 Å². The van der Waals surface area contributed by atoms with Crippen LogP contribution in [0.5, 0.6) is 0 Å². The lowest BCUT2D eigenvalue weighted by Gasteiger charge is -2.37. The Kier molecular flexibility index (Phi) is 7.77. The van der Waals surface area contributed by atoms with Gasteiger partial charge in [-0.1, -0.05) is 32.0 Å². The lowest BCUT2D eigenvalue weighted by atomic mass is 9.65. The molecule has 4 aliphatic heterocycles. The van der Waals surface area contributed by atoms with E-state index in [1.807, 2.05) is 44.2 Å². The second kappa shape index (κ2) is 10.9. The van der Waals surface area contributed by atoms with E-state index in [2.05, 4.69) is 15.5 Å². The van der Waals surface area contributed by atoms with Gasteiger partial charge in [-0.25, -0.2) is 0 Å². The van der Waals surface area contributed by atoms with Gasteiger partial charge in [0.15, 0.2) is 0 Å². The summed E-state index contributed by atoms with van der Waals surface area (Å²) in [6, 6.07) is 7.76. The van der Waals surface area contributed by atoms with Crippen molar-refractivity contribution in [1.29, 1.82) is 0 Å². The zero-order chi connectivity index (χ0) is 26.9. The third-order valence-corrected chi connectivity index (χ3v) is 9.10. The molecule has 1 aromatic carbocycles. The molecule has 4 saturated heterocycles. The van der Waals surface area contributed by atoms with Crippen LogP contribution in [0.4, 0.5) is 5.69 Å². The van der Waals surface area contributed by atoms with E-state index in [0.717, 1.165) is 13.1 Å². The Morgan fingerprint density at radius 3 is 2.53 bits per heavy atom. The fourth-order valence-corrected chi connectivity index (χ4v) is 7.16. The van der Waals surface area contributed by atoms with Gasteiger partial charge in [0.2, 0.25) is 17.7 Å². The summed E-state index contributed by atoms with van der Waals surface area (Å²) in [5.74, 6) is -2.32. The molecule has 0 saturated carbocycles. The first kappa shape index (κ1) is 27.1. The third kappa shape index (κ3) is 4.41. The summed E-state index contributed by atoms with van der Waals surface area (Å²) < 4.78 is 12.2. The fraction of sp³-hybridized carbons (Fsp3) is 0.679. The predicted octanol–water partition coefficient (Wildman–Crippen LogP) is 0.999. The van der Waals surface area contributed by atoms with Crippen molar-refractivity contribution >= 4 is 23.4 Å². The first-order chi connectivity index (χ1) is 18.4. The molecule has 4 fully saturated rings. The molecule has 1 aromatic rings. The highest BCUT2D eigenvalue weighted by Gasteiger charge is 2.79. The molecule has 3 N–H and O–H groups in total. The van der Waals surface area contributed by atoms with E-state index in [-0.39, 0.29) is 24.3 Å². The van der Waals surface area contributed by atoms with Crippen molar-refractivity contribution in [1.82, 2.24) is 15.1 Å². The second-order valence-corrected chi connectivity index (χ2v) is 10.9. The number of carbonyl (C=O) groups is 3. The van der Waals surface area contributed by atoms with Gasteiger partial charge >= 0.3 is 0 Å². The van der Waals surface area contributed by atoms with Gasteiger partial charge in [-0.05, 0) is 37.8 Å². The van der Waals surface area contributed by atoms with Gasteiger partial charge in [0.1, 0.15) is 11.6 Å². The Bertz CT molecular complexity index is 1030. The van der Waals surface area contributed by atoms with Crippen molar-refractivity contribution in [3.8, 4) is 0 Å². The number of carbonyl (C=O) groups excluding carboxylic acids is 3. The van der Waals surface area contributed by atoms with E-state index in [9.17, 15) is 19.5 Å². The van der Waals surface area contributed by atoms with Gasteiger partial charge in [-0.15, -0.1) is 0 Å². The van der Waals surface area contributed by atoms with Crippen LogP contribution in [-0.2, 0) is 23.9 Å². The molecule has 0 aliphatic carbocycles. The molecule has 4 heterocycles. The summed E-state index contributed by atoms with van der Waals surface area (Å²) in [6.45, 7) is 7.72. The molecule has 38 heavy (non-hydrogen) atoms. The number of nitrogens with one attached hydrogen (secondary N) is 2. The summed E-state index contributed by atoms with van der Waals surface area (Å²) in [4.78, 5) is 45.5. The Morgan fingerprint density at radius 2 is 1.87 bits per heavy atom. The number of morpholine rings is 1. The SMILES string of the molecule is CC[C@@H](CO)N1C(=O)[C@@H]2[C@H](C(=O)Nc3ccccc3)[C@]3(CC)CCC2(O3)C1C(=O)NCCN1CCOCC1. The van der Waals surface area contributed by atoms with Crippen molar-refractivity contribution in [2.24, 2.45) is 11.8 Å². The Labute approximate surface area is 224 Å². The minimum Gasteiger partial charge on any atom is -0.394 e. The van der Waals surface area contributed by atoms with E-state index >= 15 is 0 Å². The first-order valence-electron chi connectivity index (χ1n) is 14.0. The molecular weight excluding hydrogens is 488 g/mol. The molecule has 1 spiro atoms. The fourth-order valence-electron chi connectivity index (χ4n) is 7.16. The van der Waals surface area contributed by atoms with Gasteiger partial charge in [-0.3, -0.25) is 19.3 Å². The van der Waals surface area contributed by atoms with Gasteiger partial charge in [0.05, 0.1) is 43.3 Å². The van der Waals surface area contributed by atoms with Crippen molar-refractivity contribution in [2.45, 2.75) is 62.8 Å². The van der Waals surface area contributed by atoms with Crippen LogP contribution in [0.15, 0.2) is 30.3 Å². The average Bonchev–Trinajstić information content (AvgIpc) is 3.54. The smallest absolute Gasteiger partial charge is 0.245 e. The number of nitrogens with zero attached hydrogens (tertiary/aromatic N) is 2. The minimum atomic E-state index is -1.10. The highest BCUT2D eigenvalue weighted by molar-refractivity contribution is 6.02. The number of hydrogen-bond acceptors (Lipinski definition) is 7. The molecule has 0 aromatic heterocycles. The molecule has 2 bridgehead atoms. The zero-order valence-electron chi connectivity index (χ0n) is 22.4. The molecule has 208 valence electrons. The molecular formula is C28H40N4O6. The van der Waals surface area contributed by atoms with E-state index in [0.29, 0.717) is 57.7 Å². The summed E-state index contributed by atoms with van der Waals surface area (Å²) in [7, 11) is 0. The van der Waals surface area contributed by atoms with Crippen LogP contribution in [0.1, 0.15) is 39.5 Å². The van der Waals surface area contributed by atoms with E-state index in [4.69, 9.17) is 9.47 Å². The highest BCUT2D eigenvalue weighted by Crippen LogP contribution is 2.64. The number of aliphatic hydroxyl groups is 1. The average molecular weight is 529 g/mol. The van der Waals surface area contributed by atoms with Crippen LogP contribution in [0.3, 0.4) is 0 Å². The summed E-state index contributed by atoms with van der Waals surface area (Å²) in [6.07, 6.45) is 2.17. The van der Waals surface area contributed by atoms with Gasteiger partial charge in [0.25, 0.3) is 0 Å². The normalized spacial score (nSPS) is 33.3. The van der Waals surface area contributed by atoms with Crippen molar-refractivity contribution in [3.05, 3.63) is 30.3 Å². The number of likely N-dealkylation sites (tertiary alicyclic amines) is 1. The van der Waals surface area contributed by atoms with Crippen LogP contribution in [0.2, 0.25) is 0 Å². The molecule has 6 atom stereocenters. The lowest BCUT2D eigenvalue weighted by Crippen LogP contribution is -2.58. The molecule has 5 rings (SSSR count). The lowest BCUT2D eigenvalue weighted by molar-refractivity contribution is -0.150. The minimum absolute atomic E-state index is 0.261. The van der Waals surface area contributed by atoms with Crippen LogP contribution in [0, 0.1) is 11.8 Å². The molecule has 10 nitrogen and oxygen atoms in total. The Hall–Kier alpha value is -2.53. The molecule has 2 unspecified atom stereocenters. The maximum Gasteiger partial charge on any atom is 0.245 e. The molecule has 0 radical (unpaired) electrons. The third-order valence-electron chi connectivity index (χ3n) is 9.10. The van der Waals surface area contributed by atoms with Crippen LogP contribution < -0.4 is 10.6 Å². The number of amides is 3. The molecule has 4 aliphatic rings. The zero-order valence-corrected chi connectivity index (χ0v) is 22.4. The maximum atomic E-state index is 14.1. The highest BCUT2D eigenvalue weighted by atomic mass is 16.5.